The summed E-state index contributed by atoms with van der Waals surface area (Å²) in [5.41, 5.74) is 1.76. The first-order valence-corrected chi connectivity index (χ1v) is 6.34. The van der Waals surface area contributed by atoms with Crippen LogP contribution in [0.25, 0.3) is 0 Å². The summed E-state index contributed by atoms with van der Waals surface area (Å²) in [4.78, 5) is 11.9. The van der Waals surface area contributed by atoms with Gasteiger partial charge in [-0.2, -0.15) is 5.10 Å². The van der Waals surface area contributed by atoms with E-state index in [1.807, 2.05) is 36.9 Å². The summed E-state index contributed by atoms with van der Waals surface area (Å²) in [6, 6.07) is 2.33. The van der Waals surface area contributed by atoms with E-state index < -0.39 is 0 Å². The topological polar surface area (TPSA) is 34.9 Å². The third-order valence-electron chi connectivity index (χ3n) is 3.14. The lowest BCUT2D eigenvalue weighted by molar-refractivity contribution is -0.115. The fourth-order valence-electron chi connectivity index (χ4n) is 1.74. The Labute approximate surface area is 104 Å². The van der Waals surface area contributed by atoms with E-state index in [2.05, 4.69) is 18.9 Å². The summed E-state index contributed by atoms with van der Waals surface area (Å²) in [6.07, 6.45) is 6.11. The highest BCUT2D eigenvalue weighted by Crippen LogP contribution is 2.11. The molecule has 0 aliphatic heterocycles. The molecule has 0 aliphatic rings. The van der Waals surface area contributed by atoms with Gasteiger partial charge in [0.2, 0.25) is 0 Å². The monoisotopic (exact) mass is 234 g/mol. The molecule has 1 atom stereocenters. The zero-order valence-corrected chi connectivity index (χ0v) is 11.2. The number of hydrogen-bond acceptors (Lipinski definition) is 2. The molecule has 0 amide bonds. The van der Waals surface area contributed by atoms with Crippen molar-refractivity contribution in [3.63, 3.8) is 0 Å². The Morgan fingerprint density at radius 1 is 1.53 bits per heavy atom. The standard InChI is InChI=1S/C14H22N2O/c1-5-11(4)16-9-8-13(15-16)10-14(17)12(6-2)7-3/h6,8-9,11H,5,7,10H2,1-4H3/b12-6+. The molecule has 0 saturated heterocycles. The lowest BCUT2D eigenvalue weighted by atomic mass is 10.0. The van der Waals surface area contributed by atoms with Crippen molar-refractivity contribution in [2.24, 2.45) is 0 Å². The molecule has 0 fully saturated rings. The summed E-state index contributed by atoms with van der Waals surface area (Å²) in [7, 11) is 0. The zero-order chi connectivity index (χ0) is 12.8. The Bertz CT molecular complexity index is 404. The molecule has 94 valence electrons. The van der Waals surface area contributed by atoms with Gasteiger partial charge < -0.3 is 0 Å². The number of nitrogens with zero attached hydrogens (tertiary/aromatic N) is 2. The summed E-state index contributed by atoms with van der Waals surface area (Å²) >= 11 is 0. The normalized spacial score (nSPS) is 13.8. The number of carbonyl (C=O) groups excluding carboxylic acids is 1. The lowest BCUT2D eigenvalue weighted by Gasteiger charge is -2.08. The van der Waals surface area contributed by atoms with E-state index in [4.69, 9.17) is 0 Å². The van der Waals surface area contributed by atoms with Crippen LogP contribution in [-0.4, -0.2) is 15.6 Å². The van der Waals surface area contributed by atoms with Gasteiger partial charge in [-0.15, -0.1) is 0 Å². The van der Waals surface area contributed by atoms with E-state index >= 15 is 0 Å². The van der Waals surface area contributed by atoms with Crippen molar-refractivity contribution in [2.45, 2.75) is 53.0 Å². The minimum absolute atomic E-state index is 0.185. The SMILES string of the molecule is C/C=C(\CC)C(=O)Cc1ccn(C(C)CC)n1. The first-order valence-electron chi connectivity index (χ1n) is 6.34. The Morgan fingerprint density at radius 3 is 2.76 bits per heavy atom. The van der Waals surface area contributed by atoms with Gasteiger partial charge in [0.25, 0.3) is 0 Å². The van der Waals surface area contributed by atoms with Gasteiger partial charge in [0.15, 0.2) is 5.78 Å². The number of carbonyl (C=O) groups is 1. The molecule has 0 aliphatic carbocycles. The van der Waals surface area contributed by atoms with Gasteiger partial charge in [0.05, 0.1) is 12.1 Å². The summed E-state index contributed by atoms with van der Waals surface area (Å²) in [5, 5.41) is 4.44. The molecule has 0 spiro atoms. The van der Waals surface area contributed by atoms with Gasteiger partial charge in [-0.1, -0.05) is 19.9 Å². The largest absolute Gasteiger partial charge is 0.294 e. The summed E-state index contributed by atoms with van der Waals surface area (Å²) in [5.74, 6) is 0.185. The number of allylic oxidation sites excluding steroid dienone is 2. The molecule has 3 nitrogen and oxygen atoms in total. The number of ketones is 1. The van der Waals surface area contributed by atoms with Crippen molar-refractivity contribution in [3.05, 3.63) is 29.6 Å². The summed E-state index contributed by atoms with van der Waals surface area (Å²) in [6.45, 7) is 8.17. The highest BCUT2D eigenvalue weighted by Gasteiger charge is 2.11. The predicted octanol–water partition coefficient (Wildman–Crippen LogP) is 3.32. The van der Waals surface area contributed by atoms with Crippen LogP contribution >= 0.6 is 0 Å². The number of aromatic nitrogens is 2. The van der Waals surface area contributed by atoms with Crippen LogP contribution in [0.5, 0.6) is 0 Å². The number of Topliss-reactive ketones (excluding diaryl/α,β-unsaturated/α-hetero) is 1. The molecule has 0 N–H and O–H groups in total. The quantitative estimate of drug-likeness (QED) is 0.708. The van der Waals surface area contributed by atoms with E-state index in [1.54, 1.807) is 0 Å². The fraction of sp³-hybridized carbons (Fsp3) is 0.571. The van der Waals surface area contributed by atoms with Crippen molar-refractivity contribution in [3.8, 4) is 0 Å². The van der Waals surface area contributed by atoms with Gasteiger partial charge in [-0.05, 0) is 38.3 Å². The Kier molecular flexibility index (Phi) is 5.13. The van der Waals surface area contributed by atoms with Crippen molar-refractivity contribution in [2.75, 3.05) is 0 Å². The van der Waals surface area contributed by atoms with Crippen LogP contribution in [-0.2, 0) is 11.2 Å². The highest BCUT2D eigenvalue weighted by atomic mass is 16.1. The summed E-state index contributed by atoms with van der Waals surface area (Å²) < 4.78 is 1.93. The van der Waals surface area contributed by atoms with Crippen LogP contribution in [0.4, 0.5) is 0 Å². The number of hydrogen-bond donors (Lipinski definition) is 0. The van der Waals surface area contributed by atoms with Crippen LogP contribution in [0, 0.1) is 0 Å². The highest BCUT2D eigenvalue weighted by molar-refractivity contribution is 5.96. The second-order valence-corrected chi connectivity index (χ2v) is 4.31. The number of rotatable bonds is 6. The predicted molar refractivity (Wildman–Crippen MR) is 70.0 cm³/mol. The second kappa shape index (κ2) is 6.38. The van der Waals surface area contributed by atoms with Crippen LogP contribution in [0.2, 0.25) is 0 Å². The third-order valence-corrected chi connectivity index (χ3v) is 3.14. The average Bonchev–Trinajstić information content (AvgIpc) is 2.78. The molecule has 1 aromatic heterocycles. The van der Waals surface area contributed by atoms with Crippen molar-refractivity contribution in [1.29, 1.82) is 0 Å². The fourth-order valence-corrected chi connectivity index (χ4v) is 1.74. The van der Waals surface area contributed by atoms with E-state index in [0.29, 0.717) is 12.5 Å². The van der Waals surface area contributed by atoms with Crippen molar-refractivity contribution >= 4 is 5.78 Å². The lowest BCUT2D eigenvalue weighted by Crippen LogP contribution is -2.09. The Hall–Kier alpha value is -1.38. The zero-order valence-electron chi connectivity index (χ0n) is 11.2. The molecule has 1 unspecified atom stereocenters. The maximum absolute atomic E-state index is 11.9. The molecule has 0 bridgehead atoms. The first kappa shape index (κ1) is 13.7. The smallest absolute Gasteiger partial charge is 0.164 e. The maximum atomic E-state index is 11.9. The first-order chi connectivity index (χ1) is 8.12. The van der Waals surface area contributed by atoms with Crippen molar-refractivity contribution in [1.82, 2.24) is 9.78 Å². The van der Waals surface area contributed by atoms with Gasteiger partial charge in [0, 0.05) is 12.2 Å². The van der Waals surface area contributed by atoms with E-state index in [9.17, 15) is 4.79 Å². The molecule has 0 aromatic carbocycles. The van der Waals surface area contributed by atoms with E-state index in [-0.39, 0.29) is 5.78 Å². The molecule has 0 saturated carbocycles. The minimum atomic E-state index is 0.185. The molecule has 1 rings (SSSR count). The van der Waals surface area contributed by atoms with Gasteiger partial charge >= 0.3 is 0 Å². The van der Waals surface area contributed by atoms with Crippen LogP contribution in [0.3, 0.4) is 0 Å². The van der Waals surface area contributed by atoms with Crippen LogP contribution in [0.15, 0.2) is 23.9 Å². The Morgan fingerprint density at radius 2 is 2.24 bits per heavy atom. The molecular weight excluding hydrogens is 212 g/mol. The van der Waals surface area contributed by atoms with E-state index in [1.165, 1.54) is 0 Å². The molecule has 17 heavy (non-hydrogen) atoms. The average molecular weight is 234 g/mol. The van der Waals surface area contributed by atoms with E-state index in [0.717, 1.165) is 24.1 Å². The third kappa shape index (κ3) is 3.55. The second-order valence-electron chi connectivity index (χ2n) is 4.31. The van der Waals surface area contributed by atoms with Crippen LogP contribution in [0.1, 0.15) is 52.3 Å². The molecule has 0 radical (unpaired) electrons. The molecule has 1 heterocycles. The molecular formula is C14H22N2O. The molecule has 1 aromatic rings. The maximum Gasteiger partial charge on any atom is 0.164 e. The minimum Gasteiger partial charge on any atom is -0.294 e. The van der Waals surface area contributed by atoms with Crippen LogP contribution < -0.4 is 0 Å². The Balaban J connectivity index is 2.70. The molecule has 3 heteroatoms. The van der Waals surface area contributed by atoms with Crippen molar-refractivity contribution < 1.29 is 4.79 Å². The van der Waals surface area contributed by atoms with Gasteiger partial charge in [-0.3, -0.25) is 9.48 Å². The van der Waals surface area contributed by atoms with Gasteiger partial charge in [-0.25, -0.2) is 0 Å². The van der Waals surface area contributed by atoms with Gasteiger partial charge in [0.1, 0.15) is 0 Å².